The van der Waals surface area contributed by atoms with Gasteiger partial charge in [0.05, 0.1) is 6.20 Å². The van der Waals surface area contributed by atoms with E-state index in [0.717, 1.165) is 18.5 Å². The van der Waals surface area contributed by atoms with Crippen LogP contribution in [0.15, 0.2) is 30.5 Å². The van der Waals surface area contributed by atoms with Crippen molar-refractivity contribution in [3.63, 3.8) is 0 Å². The second kappa shape index (κ2) is 6.38. The average molecular weight is 277 g/mol. The number of rotatable bonds is 5. The maximum atomic E-state index is 6.07. The highest BCUT2D eigenvalue weighted by Crippen LogP contribution is 2.23. The second-order valence-corrected chi connectivity index (χ2v) is 4.62. The molecule has 0 saturated heterocycles. The number of aryl methyl sites for hydroxylation is 1. The molecule has 2 aromatic rings. The third-order valence-electron chi connectivity index (χ3n) is 2.72. The summed E-state index contributed by atoms with van der Waals surface area (Å²) in [6.45, 7) is 2.17. The topological polar surface area (TPSA) is 49.8 Å². The van der Waals surface area contributed by atoms with Crippen molar-refractivity contribution in [3.8, 4) is 0 Å². The summed E-state index contributed by atoms with van der Waals surface area (Å²) in [4.78, 5) is 8.32. The maximum Gasteiger partial charge on any atom is 0.224 e. The van der Waals surface area contributed by atoms with Crippen LogP contribution in [0.5, 0.6) is 0 Å². The highest BCUT2D eigenvalue weighted by atomic mass is 35.5. The molecule has 4 nitrogen and oxygen atoms in total. The van der Waals surface area contributed by atoms with E-state index in [0.29, 0.717) is 16.8 Å². The van der Waals surface area contributed by atoms with Crippen LogP contribution in [0.2, 0.25) is 5.02 Å². The monoisotopic (exact) mass is 276 g/mol. The molecule has 0 aliphatic carbocycles. The Bertz CT molecular complexity index is 540. The van der Waals surface area contributed by atoms with Crippen molar-refractivity contribution in [1.29, 1.82) is 0 Å². The van der Waals surface area contributed by atoms with E-state index >= 15 is 0 Å². The zero-order valence-corrected chi connectivity index (χ0v) is 11.8. The van der Waals surface area contributed by atoms with E-state index in [1.165, 1.54) is 5.56 Å². The highest BCUT2D eigenvalue weighted by molar-refractivity contribution is 6.32. The molecular weight excluding hydrogens is 260 g/mol. The maximum absolute atomic E-state index is 6.07. The molecule has 0 unspecified atom stereocenters. The molecule has 2 N–H and O–H groups in total. The van der Waals surface area contributed by atoms with Gasteiger partial charge in [0.2, 0.25) is 5.95 Å². The van der Waals surface area contributed by atoms with Gasteiger partial charge in [0.1, 0.15) is 5.02 Å². The summed E-state index contributed by atoms with van der Waals surface area (Å²) >= 11 is 6.07. The Hall–Kier alpha value is -1.81. The van der Waals surface area contributed by atoms with E-state index in [2.05, 4.69) is 39.7 Å². The molecule has 0 aliphatic heterocycles. The van der Waals surface area contributed by atoms with Gasteiger partial charge in [-0.1, -0.05) is 37.1 Å². The molecule has 1 heterocycles. The molecule has 5 heteroatoms. The summed E-state index contributed by atoms with van der Waals surface area (Å²) in [7, 11) is 1.77. The Balaban J connectivity index is 2.16. The summed E-state index contributed by atoms with van der Waals surface area (Å²) in [5, 5.41) is 6.58. The summed E-state index contributed by atoms with van der Waals surface area (Å²) in [5.74, 6) is 1.14. The summed E-state index contributed by atoms with van der Waals surface area (Å²) in [6, 6.07) is 8.28. The van der Waals surface area contributed by atoms with E-state index in [4.69, 9.17) is 11.6 Å². The first-order valence-electron chi connectivity index (χ1n) is 6.29. The van der Waals surface area contributed by atoms with Crippen LogP contribution in [0.4, 0.5) is 17.5 Å². The lowest BCUT2D eigenvalue weighted by molar-refractivity contribution is 0.922. The number of halogens is 1. The van der Waals surface area contributed by atoms with Crippen LogP contribution in [-0.2, 0) is 6.42 Å². The van der Waals surface area contributed by atoms with Gasteiger partial charge in [0, 0.05) is 12.7 Å². The Kier molecular flexibility index (Phi) is 4.58. The standard InChI is InChI=1S/C14H17ClN4/c1-3-4-10-5-7-11(8-6-10)18-13-12(15)9-17-14(16-2)19-13/h5-9H,3-4H2,1-2H3,(H2,16,17,18,19). The van der Waals surface area contributed by atoms with Gasteiger partial charge in [0.25, 0.3) is 0 Å². The van der Waals surface area contributed by atoms with E-state index < -0.39 is 0 Å². The quantitative estimate of drug-likeness (QED) is 0.870. The number of hydrogen-bond acceptors (Lipinski definition) is 4. The molecule has 0 aliphatic rings. The van der Waals surface area contributed by atoms with Gasteiger partial charge in [0.15, 0.2) is 5.82 Å². The molecule has 19 heavy (non-hydrogen) atoms. The van der Waals surface area contributed by atoms with Crippen LogP contribution >= 0.6 is 11.6 Å². The van der Waals surface area contributed by atoms with Crippen LogP contribution in [-0.4, -0.2) is 17.0 Å². The molecule has 1 aromatic carbocycles. The molecular formula is C14H17ClN4. The summed E-state index contributed by atoms with van der Waals surface area (Å²) < 4.78 is 0. The number of benzene rings is 1. The van der Waals surface area contributed by atoms with E-state index in [1.54, 1.807) is 13.2 Å². The predicted molar refractivity (Wildman–Crippen MR) is 80.3 cm³/mol. The van der Waals surface area contributed by atoms with Gasteiger partial charge in [-0.2, -0.15) is 4.98 Å². The van der Waals surface area contributed by atoms with Crippen LogP contribution < -0.4 is 10.6 Å². The fraction of sp³-hybridized carbons (Fsp3) is 0.286. The van der Waals surface area contributed by atoms with Crippen LogP contribution in [0, 0.1) is 0 Å². The van der Waals surface area contributed by atoms with E-state index in [9.17, 15) is 0 Å². The van der Waals surface area contributed by atoms with Gasteiger partial charge in [-0.15, -0.1) is 0 Å². The molecule has 0 atom stereocenters. The SMILES string of the molecule is CCCc1ccc(Nc2nc(NC)ncc2Cl)cc1. The molecule has 100 valence electrons. The minimum Gasteiger partial charge on any atom is -0.357 e. The number of anilines is 3. The fourth-order valence-corrected chi connectivity index (χ4v) is 1.89. The minimum absolute atomic E-state index is 0.497. The number of hydrogen-bond donors (Lipinski definition) is 2. The summed E-state index contributed by atoms with van der Waals surface area (Å²) in [6.07, 6.45) is 3.82. The van der Waals surface area contributed by atoms with Gasteiger partial charge < -0.3 is 10.6 Å². The highest BCUT2D eigenvalue weighted by Gasteiger charge is 2.05. The molecule has 0 amide bonds. The zero-order valence-electron chi connectivity index (χ0n) is 11.1. The Labute approximate surface area is 118 Å². The van der Waals surface area contributed by atoms with Crippen molar-refractivity contribution in [1.82, 2.24) is 9.97 Å². The first-order chi connectivity index (χ1) is 9.22. The third-order valence-corrected chi connectivity index (χ3v) is 3.00. The smallest absolute Gasteiger partial charge is 0.224 e. The lowest BCUT2D eigenvalue weighted by Gasteiger charge is -2.09. The van der Waals surface area contributed by atoms with Crippen LogP contribution in [0.3, 0.4) is 0 Å². The van der Waals surface area contributed by atoms with Crippen molar-refractivity contribution >= 4 is 29.1 Å². The first kappa shape index (κ1) is 13.6. The van der Waals surface area contributed by atoms with Crippen molar-refractivity contribution in [2.75, 3.05) is 17.7 Å². The normalized spacial score (nSPS) is 10.3. The predicted octanol–water partition coefficient (Wildman–Crippen LogP) is 3.87. The van der Waals surface area contributed by atoms with Gasteiger partial charge in [-0.3, -0.25) is 0 Å². The largest absolute Gasteiger partial charge is 0.357 e. The molecule has 0 fully saturated rings. The molecule has 0 saturated carbocycles. The molecule has 2 rings (SSSR count). The molecule has 0 spiro atoms. The van der Waals surface area contributed by atoms with Crippen molar-refractivity contribution in [2.45, 2.75) is 19.8 Å². The average Bonchev–Trinajstić information content (AvgIpc) is 2.44. The number of nitrogens with one attached hydrogen (secondary N) is 2. The van der Waals surface area contributed by atoms with Gasteiger partial charge in [-0.05, 0) is 24.1 Å². The Morgan fingerprint density at radius 3 is 2.58 bits per heavy atom. The lowest BCUT2D eigenvalue weighted by Crippen LogP contribution is -2.01. The number of aromatic nitrogens is 2. The van der Waals surface area contributed by atoms with Crippen molar-refractivity contribution < 1.29 is 0 Å². The Morgan fingerprint density at radius 2 is 1.95 bits per heavy atom. The van der Waals surface area contributed by atoms with Crippen molar-refractivity contribution in [2.24, 2.45) is 0 Å². The third kappa shape index (κ3) is 3.58. The molecule has 0 bridgehead atoms. The van der Waals surface area contributed by atoms with Crippen LogP contribution in [0.1, 0.15) is 18.9 Å². The summed E-state index contributed by atoms with van der Waals surface area (Å²) in [5.41, 5.74) is 2.29. The van der Waals surface area contributed by atoms with E-state index in [-0.39, 0.29) is 0 Å². The molecule has 0 radical (unpaired) electrons. The van der Waals surface area contributed by atoms with Crippen molar-refractivity contribution in [3.05, 3.63) is 41.0 Å². The zero-order chi connectivity index (χ0) is 13.7. The lowest BCUT2D eigenvalue weighted by atomic mass is 10.1. The second-order valence-electron chi connectivity index (χ2n) is 4.21. The van der Waals surface area contributed by atoms with E-state index in [1.807, 2.05) is 12.1 Å². The fourth-order valence-electron chi connectivity index (χ4n) is 1.76. The Morgan fingerprint density at radius 1 is 1.21 bits per heavy atom. The van der Waals surface area contributed by atoms with Crippen LogP contribution in [0.25, 0.3) is 0 Å². The minimum atomic E-state index is 0.497. The first-order valence-corrected chi connectivity index (χ1v) is 6.67. The number of nitrogens with zero attached hydrogens (tertiary/aromatic N) is 2. The molecule has 1 aromatic heterocycles. The van der Waals surface area contributed by atoms with Gasteiger partial charge >= 0.3 is 0 Å². The van der Waals surface area contributed by atoms with Gasteiger partial charge in [-0.25, -0.2) is 4.98 Å².